The maximum atomic E-state index is 11.9. The molecule has 1 heterocycles. The van der Waals surface area contributed by atoms with Crippen LogP contribution in [-0.4, -0.2) is 17.7 Å². The summed E-state index contributed by atoms with van der Waals surface area (Å²) >= 11 is 0. The standard InChI is InChI=1S/C16H14N2O3/c1-8(2)14(19)17-12-7-6-11-13-9(12)4-3-5-10(13)15(20)18-16(11)21/h3-8H,1-2H3,(H,17,19)(H,18,20,21). The molecule has 0 spiro atoms. The van der Waals surface area contributed by atoms with Crippen LogP contribution < -0.4 is 10.6 Å². The number of carbonyl (C=O) groups is 3. The van der Waals surface area contributed by atoms with Crippen molar-refractivity contribution in [1.82, 2.24) is 5.32 Å². The van der Waals surface area contributed by atoms with E-state index < -0.39 is 11.8 Å². The van der Waals surface area contributed by atoms with Crippen molar-refractivity contribution >= 4 is 34.2 Å². The second-order valence-electron chi connectivity index (χ2n) is 5.32. The van der Waals surface area contributed by atoms with Gasteiger partial charge in [-0.2, -0.15) is 0 Å². The number of hydrogen-bond donors (Lipinski definition) is 2. The molecule has 0 radical (unpaired) electrons. The van der Waals surface area contributed by atoms with Crippen LogP contribution in [0, 0.1) is 5.92 Å². The third-order valence-corrected chi connectivity index (χ3v) is 3.54. The van der Waals surface area contributed by atoms with Gasteiger partial charge >= 0.3 is 0 Å². The number of carbonyl (C=O) groups excluding carboxylic acids is 3. The molecule has 1 aliphatic rings. The first kappa shape index (κ1) is 13.3. The Labute approximate surface area is 121 Å². The Morgan fingerprint density at radius 1 is 1.05 bits per heavy atom. The van der Waals surface area contributed by atoms with Gasteiger partial charge in [0, 0.05) is 33.5 Å². The largest absolute Gasteiger partial charge is 0.325 e. The molecule has 2 aromatic carbocycles. The van der Waals surface area contributed by atoms with Crippen molar-refractivity contribution in [3.8, 4) is 0 Å². The van der Waals surface area contributed by atoms with Gasteiger partial charge in [-0.05, 0) is 18.2 Å². The minimum absolute atomic E-state index is 0.109. The molecule has 1 aliphatic heterocycles. The molecule has 5 nitrogen and oxygen atoms in total. The average molecular weight is 282 g/mol. The summed E-state index contributed by atoms with van der Waals surface area (Å²) in [5.74, 6) is -1.08. The van der Waals surface area contributed by atoms with Crippen molar-refractivity contribution in [2.24, 2.45) is 5.92 Å². The summed E-state index contributed by atoms with van der Waals surface area (Å²) in [5, 5.41) is 6.43. The summed E-state index contributed by atoms with van der Waals surface area (Å²) in [6.45, 7) is 3.61. The van der Waals surface area contributed by atoms with Crippen LogP contribution in [0.5, 0.6) is 0 Å². The SMILES string of the molecule is CC(C)C(=O)Nc1ccc2c3c(cccc13)C(=O)NC2=O. The van der Waals surface area contributed by atoms with Crippen LogP contribution in [0.3, 0.4) is 0 Å². The molecule has 0 aromatic heterocycles. The van der Waals surface area contributed by atoms with Gasteiger partial charge in [-0.25, -0.2) is 0 Å². The molecule has 5 heteroatoms. The molecular weight excluding hydrogens is 268 g/mol. The van der Waals surface area contributed by atoms with E-state index in [1.54, 1.807) is 44.2 Å². The number of rotatable bonds is 2. The molecule has 21 heavy (non-hydrogen) atoms. The lowest BCUT2D eigenvalue weighted by atomic mass is 9.94. The van der Waals surface area contributed by atoms with Gasteiger partial charge in [-0.1, -0.05) is 26.0 Å². The molecule has 106 valence electrons. The lowest BCUT2D eigenvalue weighted by molar-refractivity contribution is -0.118. The van der Waals surface area contributed by atoms with E-state index >= 15 is 0 Å². The van der Waals surface area contributed by atoms with Gasteiger partial charge in [0.1, 0.15) is 0 Å². The number of amides is 3. The Bertz CT molecular complexity index is 773. The number of benzene rings is 2. The topological polar surface area (TPSA) is 75.3 Å². The van der Waals surface area contributed by atoms with Gasteiger partial charge in [-0.3, -0.25) is 19.7 Å². The summed E-state index contributed by atoms with van der Waals surface area (Å²) in [4.78, 5) is 35.7. The number of imide groups is 1. The number of anilines is 1. The van der Waals surface area contributed by atoms with Gasteiger partial charge in [0.25, 0.3) is 11.8 Å². The second-order valence-corrected chi connectivity index (χ2v) is 5.32. The normalized spacial score (nSPS) is 13.5. The fraction of sp³-hybridized carbons (Fsp3) is 0.188. The maximum absolute atomic E-state index is 11.9. The fourth-order valence-corrected chi connectivity index (χ4v) is 2.41. The molecule has 3 rings (SSSR count). The van der Waals surface area contributed by atoms with E-state index in [2.05, 4.69) is 10.6 Å². The van der Waals surface area contributed by atoms with Crippen LogP contribution in [0.4, 0.5) is 5.69 Å². The van der Waals surface area contributed by atoms with Crippen molar-refractivity contribution in [2.45, 2.75) is 13.8 Å². The second kappa shape index (κ2) is 4.70. The molecule has 0 saturated heterocycles. The summed E-state index contributed by atoms with van der Waals surface area (Å²) in [6, 6.07) is 8.52. The summed E-state index contributed by atoms with van der Waals surface area (Å²) in [5.41, 5.74) is 1.50. The van der Waals surface area contributed by atoms with E-state index in [4.69, 9.17) is 0 Å². The highest BCUT2D eigenvalue weighted by Crippen LogP contribution is 2.32. The summed E-state index contributed by atoms with van der Waals surface area (Å²) < 4.78 is 0. The van der Waals surface area contributed by atoms with E-state index in [1.165, 1.54) is 0 Å². The Morgan fingerprint density at radius 2 is 1.71 bits per heavy atom. The van der Waals surface area contributed by atoms with Crippen LogP contribution in [0.15, 0.2) is 30.3 Å². The predicted molar refractivity (Wildman–Crippen MR) is 79.2 cm³/mol. The van der Waals surface area contributed by atoms with Gasteiger partial charge in [0.15, 0.2) is 0 Å². The van der Waals surface area contributed by atoms with Crippen molar-refractivity contribution in [3.63, 3.8) is 0 Å². The molecule has 2 N–H and O–H groups in total. The monoisotopic (exact) mass is 282 g/mol. The lowest BCUT2D eigenvalue weighted by Crippen LogP contribution is -2.34. The van der Waals surface area contributed by atoms with E-state index in [0.29, 0.717) is 27.6 Å². The molecule has 0 unspecified atom stereocenters. The molecule has 0 saturated carbocycles. The molecule has 0 bridgehead atoms. The fourth-order valence-electron chi connectivity index (χ4n) is 2.41. The number of nitrogens with one attached hydrogen (secondary N) is 2. The highest BCUT2D eigenvalue weighted by molar-refractivity contribution is 6.27. The Kier molecular flexibility index (Phi) is 2.97. The van der Waals surface area contributed by atoms with Crippen LogP contribution in [0.25, 0.3) is 10.8 Å². The molecule has 2 aromatic rings. The summed E-state index contributed by atoms with van der Waals surface area (Å²) in [6.07, 6.45) is 0. The highest BCUT2D eigenvalue weighted by atomic mass is 16.2. The first-order valence-electron chi connectivity index (χ1n) is 6.71. The molecule has 0 aliphatic carbocycles. The van der Waals surface area contributed by atoms with Crippen molar-refractivity contribution < 1.29 is 14.4 Å². The molecule has 0 atom stereocenters. The summed E-state index contributed by atoms with van der Waals surface area (Å²) in [7, 11) is 0. The Balaban J connectivity index is 2.24. The zero-order chi connectivity index (χ0) is 15.1. The Morgan fingerprint density at radius 3 is 2.38 bits per heavy atom. The first-order chi connectivity index (χ1) is 9.99. The van der Waals surface area contributed by atoms with Gasteiger partial charge in [0.2, 0.25) is 5.91 Å². The van der Waals surface area contributed by atoms with Crippen LogP contribution in [0.2, 0.25) is 0 Å². The van der Waals surface area contributed by atoms with E-state index in [1.807, 2.05) is 0 Å². The minimum atomic E-state index is -0.412. The smallest absolute Gasteiger partial charge is 0.258 e. The zero-order valence-electron chi connectivity index (χ0n) is 11.7. The molecular formula is C16H14N2O3. The van der Waals surface area contributed by atoms with Crippen LogP contribution in [0.1, 0.15) is 34.6 Å². The van der Waals surface area contributed by atoms with E-state index in [-0.39, 0.29) is 11.8 Å². The van der Waals surface area contributed by atoms with E-state index in [9.17, 15) is 14.4 Å². The maximum Gasteiger partial charge on any atom is 0.258 e. The minimum Gasteiger partial charge on any atom is -0.325 e. The first-order valence-corrected chi connectivity index (χ1v) is 6.71. The van der Waals surface area contributed by atoms with Crippen LogP contribution >= 0.6 is 0 Å². The van der Waals surface area contributed by atoms with Crippen molar-refractivity contribution in [3.05, 3.63) is 41.5 Å². The third-order valence-electron chi connectivity index (χ3n) is 3.54. The van der Waals surface area contributed by atoms with Crippen molar-refractivity contribution in [2.75, 3.05) is 5.32 Å². The van der Waals surface area contributed by atoms with E-state index in [0.717, 1.165) is 0 Å². The quantitative estimate of drug-likeness (QED) is 0.830. The third kappa shape index (κ3) is 2.07. The van der Waals surface area contributed by atoms with Crippen molar-refractivity contribution in [1.29, 1.82) is 0 Å². The van der Waals surface area contributed by atoms with Gasteiger partial charge < -0.3 is 5.32 Å². The zero-order valence-corrected chi connectivity index (χ0v) is 11.7. The van der Waals surface area contributed by atoms with Gasteiger partial charge in [0.05, 0.1) is 0 Å². The molecule has 0 fully saturated rings. The predicted octanol–water partition coefficient (Wildman–Crippen LogP) is 2.32. The Hall–Kier alpha value is -2.69. The molecule has 3 amide bonds. The number of hydrogen-bond acceptors (Lipinski definition) is 3. The van der Waals surface area contributed by atoms with Gasteiger partial charge in [-0.15, -0.1) is 0 Å². The lowest BCUT2D eigenvalue weighted by Gasteiger charge is -2.19. The van der Waals surface area contributed by atoms with Crippen LogP contribution in [-0.2, 0) is 4.79 Å². The average Bonchev–Trinajstić information content (AvgIpc) is 2.45. The highest BCUT2D eigenvalue weighted by Gasteiger charge is 2.25.